The summed E-state index contributed by atoms with van der Waals surface area (Å²) in [6.07, 6.45) is 0. The summed E-state index contributed by atoms with van der Waals surface area (Å²) in [4.78, 5) is 27.7. The molecule has 0 saturated carbocycles. The molecule has 0 fully saturated rings. The van der Waals surface area contributed by atoms with E-state index in [0.29, 0.717) is 88.2 Å². The van der Waals surface area contributed by atoms with Gasteiger partial charge in [-0.05, 0) is 53.7 Å². The number of benzene rings is 2. The van der Waals surface area contributed by atoms with E-state index in [9.17, 15) is 30.6 Å². The van der Waals surface area contributed by atoms with Crippen molar-refractivity contribution in [2.24, 2.45) is 0 Å². The summed E-state index contributed by atoms with van der Waals surface area (Å²) in [7, 11) is 0. The van der Waals surface area contributed by atoms with E-state index in [2.05, 4.69) is 34.9 Å². The van der Waals surface area contributed by atoms with Crippen LogP contribution in [0.2, 0.25) is 0 Å². The summed E-state index contributed by atoms with van der Waals surface area (Å²) in [5.41, 5.74) is 6.15. The van der Waals surface area contributed by atoms with Gasteiger partial charge in [0, 0.05) is 50.4 Å². The number of carbonyl (C=O) groups is 2. The van der Waals surface area contributed by atoms with Crippen molar-refractivity contribution < 1.29 is 28.5 Å². The number of ether oxygens (including phenoxy) is 4. The number of para-hydroxylation sites is 2. The maximum atomic E-state index is 13.6. The Bertz CT molecular complexity index is 2400. The largest absolute Gasteiger partial charge is 0.489 e. The number of thiophene rings is 2. The molecule has 2 aromatic heterocycles. The van der Waals surface area contributed by atoms with Gasteiger partial charge in [-0.2, -0.15) is 21.0 Å². The van der Waals surface area contributed by atoms with E-state index in [4.69, 9.17) is 18.9 Å². The Morgan fingerprint density at radius 2 is 0.948 bits per heavy atom. The maximum absolute atomic E-state index is 13.6. The first-order valence-electron chi connectivity index (χ1n) is 18.3. The van der Waals surface area contributed by atoms with Crippen molar-refractivity contribution in [3.05, 3.63) is 126 Å². The molecule has 292 valence electrons. The highest BCUT2D eigenvalue weighted by atomic mass is 32.2. The lowest BCUT2D eigenvalue weighted by Gasteiger charge is -2.27. The number of nitrogens with one attached hydrogen (secondary N) is 2. The summed E-state index contributed by atoms with van der Waals surface area (Å²) < 4.78 is 24.7. The second-order valence-corrected chi connectivity index (χ2v) is 15.6. The average Bonchev–Trinajstić information content (AvgIpc) is 3.75. The molecule has 4 aromatic rings. The van der Waals surface area contributed by atoms with E-state index in [1.54, 1.807) is 90.1 Å². The third kappa shape index (κ3) is 7.52. The minimum atomic E-state index is -0.694. The highest BCUT2D eigenvalue weighted by Gasteiger charge is 2.34. The first-order chi connectivity index (χ1) is 28.0. The maximum Gasteiger partial charge on any atom is 0.348 e. The molecule has 0 amide bonds. The molecular weight excluding hydrogens is 773 g/mol. The van der Waals surface area contributed by atoms with Gasteiger partial charge in [-0.25, -0.2) is 9.59 Å². The third-order valence-electron chi connectivity index (χ3n) is 9.87. The number of esters is 2. The van der Waals surface area contributed by atoms with Crippen LogP contribution in [0.15, 0.2) is 93.6 Å². The molecular formula is C44H38N6O6S2. The minimum absolute atomic E-state index is 0.128. The molecule has 0 unspecified atom stereocenters. The van der Waals surface area contributed by atoms with Crippen molar-refractivity contribution in [2.75, 3.05) is 13.2 Å². The highest BCUT2D eigenvalue weighted by Crippen LogP contribution is 2.46. The SMILES string of the molecule is CCOC(=O)c1sc2sc(C(=O)OCC)c(COc3ccccc3C3C(C#N)=C(C)NC(C)=C3C#N)c2c1COc1ccccc1C1C(C#N)=C(C)NC(C)=C1C#N. The summed E-state index contributed by atoms with van der Waals surface area (Å²) >= 11 is 2.35. The van der Waals surface area contributed by atoms with E-state index < -0.39 is 23.8 Å². The van der Waals surface area contributed by atoms with Crippen molar-refractivity contribution in [1.29, 1.82) is 21.0 Å². The van der Waals surface area contributed by atoms with Gasteiger partial charge in [0.15, 0.2) is 0 Å². The number of nitriles is 4. The molecule has 6 rings (SSSR count). The van der Waals surface area contributed by atoms with Gasteiger partial charge in [-0.15, -0.1) is 22.7 Å². The molecule has 2 aliphatic heterocycles. The number of dihydropyridines is 2. The molecule has 2 N–H and O–H groups in total. The predicted octanol–water partition coefficient (Wildman–Crippen LogP) is 9.04. The number of rotatable bonds is 12. The van der Waals surface area contributed by atoms with E-state index in [1.165, 1.54) is 22.7 Å². The standard InChI is InChI=1S/C44H38N6O6S2/c1-7-53-42(51)40-33(21-55-35-15-11-9-13-27(35)37-29(17-45)23(3)49-24(4)30(37)18-46)39-34(41(43(52)54-8-2)58-44(39)57-40)22-56-36-16-12-10-14-28(36)38-31(19-47)25(5)50-26(6)32(38)20-48/h9-16,37-38,49-50H,7-8,21-22H2,1-6H3. The highest BCUT2D eigenvalue weighted by molar-refractivity contribution is 7.40. The fraction of sp³-hybridized carbons (Fsp3) is 0.273. The second-order valence-electron chi connectivity index (χ2n) is 13.3. The van der Waals surface area contributed by atoms with Crippen LogP contribution in [0.1, 0.15) is 95.0 Å². The van der Waals surface area contributed by atoms with E-state index in [0.717, 1.165) is 0 Å². The van der Waals surface area contributed by atoms with Gasteiger partial charge < -0.3 is 29.6 Å². The number of carbonyl (C=O) groups excluding carboxylic acids is 2. The zero-order valence-electron chi connectivity index (χ0n) is 32.7. The number of nitrogens with zero attached hydrogens (tertiary/aromatic N) is 4. The number of hydrogen-bond donors (Lipinski definition) is 2. The third-order valence-corrected chi connectivity index (χ3v) is 12.4. The molecule has 2 aliphatic rings. The summed E-state index contributed by atoms with van der Waals surface area (Å²) in [6, 6.07) is 23.4. The molecule has 0 radical (unpaired) electrons. The first kappa shape index (κ1) is 40.8. The van der Waals surface area contributed by atoms with Crippen molar-refractivity contribution in [1.82, 2.24) is 10.6 Å². The van der Waals surface area contributed by atoms with Gasteiger partial charge in [0.1, 0.15) is 34.5 Å². The van der Waals surface area contributed by atoms with Gasteiger partial charge in [-0.3, -0.25) is 0 Å². The fourth-order valence-electron chi connectivity index (χ4n) is 7.29. The van der Waals surface area contributed by atoms with Crippen molar-refractivity contribution in [2.45, 2.75) is 66.6 Å². The van der Waals surface area contributed by atoms with Crippen LogP contribution in [-0.2, 0) is 22.7 Å². The molecule has 0 saturated heterocycles. The molecule has 58 heavy (non-hydrogen) atoms. The Morgan fingerprint density at radius 3 is 1.28 bits per heavy atom. The van der Waals surface area contributed by atoms with Crippen LogP contribution in [0.25, 0.3) is 9.40 Å². The lowest BCUT2D eigenvalue weighted by molar-refractivity contribution is 0.0520. The molecule has 14 heteroatoms. The zero-order valence-corrected chi connectivity index (χ0v) is 34.3. The number of hydrogen-bond acceptors (Lipinski definition) is 14. The molecule has 2 aromatic carbocycles. The van der Waals surface area contributed by atoms with Gasteiger partial charge in [0.25, 0.3) is 0 Å². The van der Waals surface area contributed by atoms with Gasteiger partial charge in [0.2, 0.25) is 0 Å². The van der Waals surface area contributed by atoms with Crippen LogP contribution >= 0.6 is 22.7 Å². The summed E-state index contributed by atoms with van der Waals surface area (Å²) in [5, 5.41) is 47.6. The predicted molar refractivity (Wildman–Crippen MR) is 218 cm³/mol. The minimum Gasteiger partial charge on any atom is -0.489 e. The smallest absolute Gasteiger partial charge is 0.348 e. The Kier molecular flexibility index (Phi) is 12.3. The molecule has 0 aliphatic carbocycles. The summed E-state index contributed by atoms with van der Waals surface area (Å²) in [5.74, 6) is -1.72. The zero-order chi connectivity index (χ0) is 41.7. The van der Waals surface area contributed by atoms with Crippen LogP contribution in [0.5, 0.6) is 11.5 Å². The van der Waals surface area contributed by atoms with Gasteiger partial charge in [0.05, 0.1) is 75.6 Å². The lowest BCUT2D eigenvalue weighted by Crippen LogP contribution is -2.23. The van der Waals surface area contributed by atoms with Gasteiger partial charge in [-0.1, -0.05) is 36.4 Å². The number of allylic oxidation sites excluding steroid dienone is 8. The van der Waals surface area contributed by atoms with Crippen molar-refractivity contribution in [3.8, 4) is 35.8 Å². The molecule has 4 heterocycles. The monoisotopic (exact) mass is 810 g/mol. The van der Waals surface area contributed by atoms with Crippen molar-refractivity contribution >= 4 is 44.0 Å². The topological polar surface area (TPSA) is 190 Å². The Morgan fingerprint density at radius 1 is 0.603 bits per heavy atom. The quantitative estimate of drug-likeness (QED) is 0.129. The van der Waals surface area contributed by atoms with Crippen LogP contribution in [0.3, 0.4) is 0 Å². The Balaban J connectivity index is 1.47. The van der Waals surface area contributed by atoms with E-state index in [1.807, 2.05) is 0 Å². The molecule has 0 atom stereocenters. The summed E-state index contributed by atoms with van der Waals surface area (Å²) in [6.45, 7) is 10.5. The van der Waals surface area contributed by atoms with Crippen LogP contribution in [0.4, 0.5) is 0 Å². The Labute approximate surface area is 344 Å². The Hall–Kier alpha value is -6.84. The lowest BCUT2D eigenvalue weighted by atomic mass is 9.81. The molecule has 12 nitrogen and oxygen atoms in total. The van der Waals surface area contributed by atoms with Crippen LogP contribution in [-0.4, -0.2) is 25.2 Å². The second kappa shape index (κ2) is 17.5. The van der Waals surface area contributed by atoms with Gasteiger partial charge >= 0.3 is 11.9 Å². The first-order valence-corrected chi connectivity index (χ1v) is 20.0. The molecule has 0 spiro atoms. The fourth-order valence-corrected chi connectivity index (χ4v) is 9.88. The van der Waals surface area contributed by atoms with E-state index >= 15 is 0 Å². The van der Waals surface area contributed by atoms with Crippen LogP contribution in [0, 0.1) is 45.3 Å². The average molecular weight is 811 g/mol. The normalized spacial score (nSPS) is 14.6. The van der Waals surface area contributed by atoms with E-state index in [-0.39, 0.29) is 36.2 Å². The number of fused-ring (bicyclic) bond motifs is 1. The van der Waals surface area contributed by atoms with Crippen molar-refractivity contribution in [3.63, 3.8) is 0 Å². The van der Waals surface area contributed by atoms with Crippen LogP contribution < -0.4 is 20.1 Å². The molecule has 0 bridgehead atoms.